The number of carbonyl (C=O) groups is 1. The summed E-state index contributed by atoms with van der Waals surface area (Å²) in [5.41, 5.74) is 1.09. The van der Waals surface area contributed by atoms with E-state index in [1.54, 1.807) is 12.1 Å². The van der Waals surface area contributed by atoms with Crippen molar-refractivity contribution in [3.8, 4) is 17.0 Å². The van der Waals surface area contributed by atoms with Crippen LogP contribution < -0.4 is 0 Å². The van der Waals surface area contributed by atoms with Crippen molar-refractivity contribution in [3.05, 3.63) is 41.5 Å². The molecule has 1 saturated heterocycles. The van der Waals surface area contributed by atoms with Crippen molar-refractivity contribution in [2.75, 3.05) is 52.5 Å². The Hall–Kier alpha value is -2.08. The van der Waals surface area contributed by atoms with E-state index in [9.17, 15) is 15.0 Å². The number of aliphatic hydroxyl groups is 2. The van der Waals surface area contributed by atoms with Crippen molar-refractivity contribution < 1.29 is 24.9 Å². The molecule has 3 atom stereocenters. The summed E-state index contributed by atoms with van der Waals surface area (Å²) in [6.07, 6.45) is 7.98. The van der Waals surface area contributed by atoms with Gasteiger partial charge in [-0.2, -0.15) is 0 Å². The molecule has 8 heteroatoms. The minimum Gasteiger partial charge on any atom is -0.508 e. The Morgan fingerprint density at radius 1 is 1.22 bits per heavy atom. The van der Waals surface area contributed by atoms with Crippen LogP contribution in [0.15, 0.2) is 30.4 Å². The average Bonchev–Trinajstić information content (AvgIpc) is 2.87. The van der Waals surface area contributed by atoms with E-state index >= 15 is 0 Å². The summed E-state index contributed by atoms with van der Waals surface area (Å²) in [6.45, 7) is 4.77. The van der Waals surface area contributed by atoms with Crippen LogP contribution in [0, 0.1) is 17.2 Å². The van der Waals surface area contributed by atoms with E-state index < -0.39 is 5.60 Å². The van der Waals surface area contributed by atoms with Gasteiger partial charge in [0, 0.05) is 43.5 Å². The van der Waals surface area contributed by atoms with E-state index in [2.05, 4.69) is 16.2 Å². The molecule has 4 rings (SSSR count). The third-order valence-electron chi connectivity index (χ3n) is 8.23. The summed E-state index contributed by atoms with van der Waals surface area (Å²) in [6, 6.07) is 5.62. The number of halogens is 1. The summed E-state index contributed by atoms with van der Waals surface area (Å²) >= 11 is 5.65. The van der Waals surface area contributed by atoms with Gasteiger partial charge in [-0.3, -0.25) is 9.69 Å². The minimum atomic E-state index is -1.08. The molecule has 0 spiro atoms. The van der Waals surface area contributed by atoms with Gasteiger partial charge in [0.2, 0.25) is 5.91 Å². The third-order valence-corrected chi connectivity index (χ3v) is 8.33. The fourth-order valence-corrected chi connectivity index (χ4v) is 6.46. The number of hydrogen-bond donors (Lipinski definition) is 3. The maximum absolute atomic E-state index is 12.9. The first-order chi connectivity index (χ1) is 17.4. The van der Waals surface area contributed by atoms with Gasteiger partial charge < -0.3 is 25.0 Å². The molecule has 1 heterocycles. The molecule has 3 N–H and O–H groups in total. The average molecular weight is 517 g/mol. The Balaban J connectivity index is 1.41. The highest BCUT2D eigenvalue weighted by Gasteiger charge is 2.50. The van der Waals surface area contributed by atoms with Crippen LogP contribution >= 0.6 is 11.6 Å². The number of hydrogen-bond acceptors (Lipinski definition) is 6. The lowest BCUT2D eigenvalue weighted by Crippen LogP contribution is -2.49. The number of ether oxygens (including phenoxy) is 1. The van der Waals surface area contributed by atoms with Crippen molar-refractivity contribution in [1.82, 2.24) is 9.80 Å². The van der Waals surface area contributed by atoms with Crippen molar-refractivity contribution in [2.45, 2.75) is 49.5 Å². The van der Waals surface area contributed by atoms with Crippen LogP contribution in [0.1, 0.15) is 43.2 Å². The number of phenols is 1. The van der Waals surface area contributed by atoms with Crippen LogP contribution in [0.5, 0.6) is 5.75 Å². The summed E-state index contributed by atoms with van der Waals surface area (Å²) in [4.78, 5) is 17.1. The topological polar surface area (TPSA) is 93.5 Å². The molecule has 0 bridgehead atoms. The number of piperazine rings is 1. The maximum Gasteiger partial charge on any atom is 0.246 e. The Bertz CT molecular complexity index is 1010. The van der Waals surface area contributed by atoms with E-state index in [4.69, 9.17) is 21.4 Å². The van der Waals surface area contributed by atoms with E-state index in [0.29, 0.717) is 45.6 Å². The van der Waals surface area contributed by atoms with Crippen molar-refractivity contribution in [1.29, 1.82) is 0 Å². The largest absolute Gasteiger partial charge is 0.508 e. The molecule has 2 fully saturated rings. The molecule has 1 aromatic carbocycles. The Kier molecular flexibility index (Phi) is 8.97. The molecule has 2 aliphatic carbocycles. The Labute approximate surface area is 218 Å². The van der Waals surface area contributed by atoms with Gasteiger partial charge in [0.15, 0.2) is 0 Å². The second-order valence-electron chi connectivity index (χ2n) is 10.3. The number of aliphatic hydroxyl groups excluding tert-OH is 1. The van der Waals surface area contributed by atoms with E-state index in [0.717, 1.165) is 44.5 Å². The van der Waals surface area contributed by atoms with Gasteiger partial charge in [0.05, 0.1) is 19.8 Å². The molecule has 7 nitrogen and oxygen atoms in total. The van der Waals surface area contributed by atoms with Gasteiger partial charge in [0.1, 0.15) is 11.4 Å². The first kappa shape index (κ1) is 27.0. The van der Waals surface area contributed by atoms with Crippen LogP contribution in [0.4, 0.5) is 0 Å². The third kappa shape index (κ3) is 6.07. The van der Waals surface area contributed by atoms with Crippen LogP contribution in [0.2, 0.25) is 0 Å². The highest BCUT2D eigenvalue weighted by molar-refractivity contribution is 6.30. The summed E-state index contributed by atoms with van der Waals surface area (Å²) < 4.78 is 5.34. The molecule has 1 aromatic rings. The first-order valence-electron chi connectivity index (χ1n) is 12.9. The number of fused-ring (bicyclic) bond motifs is 3. The van der Waals surface area contributed by atoms with Gasteiger partial charge >= 0.3 is 0 Å². The lowest BCUT2D eigenvalue weighted by molar-refractivity contribution is -0.127. The van der Waals surface area contributed by atoms with E-state index in [1.807, 2.05) is 23.1 Å². The molecule has 0 unspecified atom stereocenters. The number of benzene rings is 1. The number of rotatable bonds is 8. The zero-order valence-corrected chi connectivity index (χ0v) is 21.6. The zero-order chi connectivity index (χ0) is 25.6. The van der Waals surface area contributed by atoms with Crippen LogP contribution in [0.3, 0.4) is 0 Å². The molecule has 1 saturated carbocycles. The number of nitrogens with zero attached hydrogens (tertiary/aromatic N) is 2. The van der Waals surface area contributed by atoms with Crippen LogP contribution in [0.25, 0.3) is 0 Å². The van der Waals surface area contributed by atoms with E-state index in [-0.39, 0.29) is 29.6 Å². The van der Waals surface area contributed by atoms with Crippen molar-refractivity contribution in [2.24, 2.45) is 5.92 Å². The molecule has 1 amide bonds. The molecule has 0 aromatic heterocycles. The number of aromatic hydroxyl groups is 1. The van der Waals surface area contributed by atoms with Gasteiger partial charge in [0.25, 0.3) is 0 Å². The standard InChI is InChI=1S/C28H37ClN2O5/c29-11-10-27(35)8-9-28(23(21-27)4-3-22-20-24(33)5-6-25(22)28)7-1-2-26(34)31-14-12-30(13-15-31)16-18-36-19-17-32/h1-2,5-6,20,23,32-33,35H,3-4,7-9,12-19,21H2/b2-1+/t23-,27+,28-/m0/s1. The predicted molar refractivity (Wildman–Crippen MR) is 139 cm³/mol. The quantitative estimate of drug-likeness (QED) is 0.279. The summed E-state index contributed by atoms with van der Waals surface area (Å²) in [7, 11) is 0. The highest BCUT2D eigenvalue weighted by Crippen LogP contribution is 2.55. The fraction of sp³-hybridized carbons (Fsp3) is 0.607. The number of aryl methyl sites for hydroxylation is 1. The Morgan fingerprint density at radius 2 is 2.03 bits per heavy atom. The molecule has 3 aliphatic rings. The fourth-order valence-electron chi connectivity index (χ4n) is 6.28. The molecule has 0 radical (unpaired) electrons. The summed E-state index contributed by atoms with van der Waals surface area (Å²) in [5.74, 6) is 3.32. The lowest BCUT2D eigenvalue weighted by atomic mass is 9.53. The normalized spacial score (nSPS) is 28.3. The molecule has 36 heavy (non-hydrogen) atoms. The van der Waals surface area contributed by atoms with Crippen LogP contribution in [-0.2, 0) is 21.4 Å². The number of amides is 1. The second-order valence-corrected chi connectivity index (χ2v) is 10.5. The first-order valence-corrected chi connectivity index (χ1v) is 13.3. The maximum atomic E-state index is 12.9. The molecule has 196 valence electrons. The van der Waals surface area contributed by atoms with E-state index in [1.165, 1.54) is 5.56 Å². The lowest BCUT2D eigenvalue weighted by Gasteiger charge is -2.52. The SMILES string of the molecule is O=C(/C=C/C[C@]12CC[C@@](O)(C#CCl)C[C@@H]1CCc1cc(O)ccc12)N1CCN(CCOCCO)CC1. The molecular formula is C28H37ClN2O5. The molecular weight excluding hydrogens is 480 g/mol. The highest BCUT2D eigenvalue weighted by atomic mass is 35.5. The van der Waals surface area contributed by atoms with Gasteiger partial charge in [-0.15, -0.1) is 0 Å². The minimum absolute atomic E-state index is 0.0289. The van der Waals surface area contributed by atoms with Gasteiger partial charge in [-0.1, -0.05) is 18.1 Å². The summed E-state index contributed by atoms with van der Waals surface area (Å²) in [5, 5.41) is 32.2. The van der Waals surface area contributed by atoms with Gasteiger partial charge in [-0.05, 0) is 85.4 Å². The smallest absolute Gasteiger partial charge is 0.246 e. The van der Waals surface area contributed by atoms with Crippen molar-refractivity contribution in [3.63, 3.8) is 0 Å². The monoisotopic (exact) mass is 516 g/mol. The molecule has 1 aliphatic heterocycles. The Morgan fingerprint density at radius 3 is 2.78 bits per heavy atom. The number of allylic oxidation sites excluding steroid dienone is 1. The number of phenolic OH excluding ortho intramolecular Hbond substituents is 1. The number of carbonyl (C=O) groups excluding carboxylic acids is 1. The second kappa shape index (κ2) is 12.0. The van der Waals surface area contributed by atoms with Crippen molar-refractivity contribution >= 4 is 17.5 Å². The predicted octanol–water partition coefficient (Wildman–Crippen LogP) is 2.41. The zero-order valence-electron chi connectivity index (χ0n) is 20.8. The van der Waals surface area contributed by atoms with Gasteiger partial charge in [-0.25, -0.2) is 0 Å². The van der Waals surface area contributed by atoms with Crippen LogP contribution in [-0.4, -0.2) is 89.2 Å².